The van der Waals surface area contributed by atoms with Crippen molar-refractivity contribution in [3.63, 3.8) is 0 Å². The van der Waals surface area contributed by atoms with Gasteiger partial charge >= 0.3 is 0 Å². The largest absolute Gasteiger partial charge is 0.299 e. The number of hydrogen-bond acceptors (Lipinski definition) is 5. The molecule has 0 aliphatic carbocycles. The van der Waals surface area contributed by atoms with E-state index in [1.165, 1.54) is 21.0 Å². The second-order valence-electron chi connectivity index (χ2n) is 7.24. The van der Waals surface area contributed by atoms with Crippen molar-refractivity contribution in [1.29, 1.82) is 0 Å². The van der Waals surface area contributed by atoms with Crippen molar-refractivity contribution in [2.75, 3.05) is 20.6 Å². The van der Waals surface area contributed by atoms with Gasteiger partial charge in [0.25, 0.3) is 0 Å². The summed E-state index contributed by atoms with van der Waals surface area (Å²) in [6, 6.07) is 8.39. The predicted molar refractivity (Wildman–Crippen MR) is 115 cm³/mol. The predicted octanol–water partition coefficient (Wildman–Crippen LogP) is 3.52. The fraction of sp³-hybridized carbons (Fsp3) is 0.318. The number of aromatic nitrogens is 3. The molecule has 3 aromatic rings. The highest BCUT2D eigenvalue weighted by molar-refractivity contribution is 7.15. The summed E-state index contributed by atoms with van der Waals surface area (Å²) in [6.45, 7) is 7.61. The molecule has 0 saturated heterocycles. The Hall–Kier alpha value is -2.75. The molecule has 0 bridgehead atoms. The normalized spacial score (nSPS) is 12.7. The van der Waals surface area contributed by atoms with Crippen LogP contribution in [0.25, 0.3) is 5.00 Å². The molecular weight excluding hydrogens is 366 g/mol. The van der Waals surface area contributed by atoms with Crippen LogP contribution in [0.3, 0.4) is 0 Å². The van der Waals surface area contributed by atoms with Crippen molar-refractivity contribution in [1.82, 2.24) is 19.7 Å². The zero-order chi connectivity index (χ0) is 19.8. The quantitative estimate of drug-likeness (QED) is 0.630. The standard InChI is InChI=1S/C22H23N5S/c1-14-15(2)28-22-20(14)21(23-13-19-25-24-16(3)27(19)22)18-10-8-17(9-11-18)7-6-12-26(4)5/h8-11H,12-13H2,1-5H3. The van der Waals surface area contributed by atoms with Crippen molar-refractivity contribution < 1.29 is 0 Å². The Morgan fingerprint density at radius 1 is 1.11 bits per heavy atom. The van der Waals surface area contributed by atoms with Crippen molar-refractivity contribution in [2.24, 2.45) is 4.99 Å². The first kappa shape index (κ1) is 18.6. The SMILES string of the molecule is Cc1sc2c(c1C)C(c1ccc(C#CCN(C)C)cc1)=NCc1nnc(C)n1-2. The fourth-order valence-corrected chi connectivity index (χ4v) is 4.52. The van der Waals surface area contributed by atoms with Gasteiger partial charge in [0, 0.05) is 21.6 Å². The van der Waals surface area contributed by atoms with E-state index >= 15 is 0 Å². The van der Waals surface area contributed by atoms with E-state index < -0.39 is 0 Å². The van der Waals surface area contributed by atoms with Crippen molar-refractivity contribution >= 4 is 17.0 Å². The van der Waals surface area contributed by atoms with Gasteiger partial charge in [0.05, 0.1) is 12.3 Å². The number of thiophene rings is 1. The molecule has 0 saturated carbocycles. The summed E-state index contributed by atoms with van der Waals surface area (Å²) in [7, 11) is 4.04. The van der Waals surface area contributed by atoms with Crippen molar-refractivity contribution in [3.8, 4) is 16.8 Å². The smallest absolute Gasteiger partial charge is 0.160 e. The van der Waals surface area contributed by atoms with Crippen molar-refractivity contribution in [2.45, 2.75) is 27.3 Å². The van der Waals surface area contributed by atoms with Gasteiger partial charge in [-0.1, -0.05) is 24.0 Å². The van der Waals surface area contributed by atoms with Crippen LogP contribution < -0.4 is 0 Å². The number of benzene rings is 1. The Labute approximate surface area is 169 Å². The highest BCUT2D eigenvalue weighted by atomic mass is 32.1. The molecule has 0 atom stereocenters. The van der Waals surface area contributed by atoms with Crippen molar-refractivity contribution in [3.05, 3.63) is 63.0 Å². The molecule has 4 rings (SSSR count). The minimum atomic E-state index is 0.528. The summed E-state index contributed by atoms with van der Waals surface area (Å²) in [6.07, 6.45) is 0. The van der Waals surface area contributed by atoms with Gasteiger partial charge in [0.15, 0.2) is 5.82 Å². The van der Waals surface area contributed by atoms with E-state index in [1.54, 1.807) is 11.3 Å². The summed E-state index contributed by atoms with van der Waals surface area (Å²) in [5, 5.41) is 9.76. The number of aliphatic imine (C=N–C) groups is 1. The molecular formula is C22H23N5S. The van der Waals surface area contributed by atoms with E-state index in [9.17, 15) is 0 Å². The summed E-state index contributed by atoms with van der Waals surface area (Å²) < 4.78 is 2.15. The first-order chi connectivity index (χ1) is 13.5. The summed E-state index contributed by atoms with van der Waals surface area (Å²) in [5.74, 6) is 8.19. The summed E-state index contributed by atoms with van der Waals surface area (Å²) >= 11 is 1.78. The lowest BCUT2D eigenvalue weighted by Gasteiger charge is -2.09. The molecule has 0 unspecified atom stereocenters. The summed E-state index contributed by atoms with van der Waals surface area (Å²) in [5.41, 5.74) is 5.61. The second kappa shape index (κ2) is 7.34. The average Bonchev–Trinajstić information content (AvgIpc) is 3.10. The van der Waals surface area contributed by atoms with E-state index in [0.717, 1.165) is 35.0 Å². The highest BCUT2D eigenvalue weighted by Crippen LogP contribution is 2.36. The minimum absolute atomic E-state index is 0.528. The number of aryl methyl sites for hydroxylation is 2. The summed E-state index contributed by atoms with van der Waals surface area (Å²) in [4.78, 5) is 8.29. The maximum absolute atomic E-state index is 4.94. The molecule has 28 heavy (non-hydrogen) atoms. The van der Waals surface area contributed by atoms with Crippen LogP contribution in [0.2, 0.25) is 0 Å². The number of fused-ring (bicyclic) bond motifs is 3. The monoisotopic (exact) mass is 389 g/mol. The Morgan fingerprint density at radius 2 is 1.86 bits per heavy atom. The molecule has 0 amide bonds. The zero-order valence-electron chi connectivity index (χ0n) is 16.9. The fourth-order valence-electron chi connectivity index (χ4n) is 3.29. The second-order valence-corrected chi connectivity index (χ2v) is 8.45. The van der Waals surface area contributed by atoms with Gasteiger partial charge in [0.1, 0.15) is 17.4 Å². The van der Waals surface area contributed by atoms with Crippen LogP contribution in [0.4, 0.5) is 0 Å². The Kier molecular flexibility index (Phi) is 4.88. The van der Waals surface area contributed by atoms with Crippen LogP contribution in [-0.2, 0) is 6.54 Å². The molecule has 6 heteroatoms. The molecule has 1 aliphatic heterocycles. The Balaban J connectivity index is 1.77. The van der Waals surface area contributed by atoms with Gasteiger partial charge in [-0.05, 0) is 52.6 Å². The van der Waals surface area contributed by atoms with E-state index in [-0.39, 0.29) is 0 Å². The third kappa shape index (κ3) is 3.28. The van der Waals surface area contributed by atoms with Crippen LogP contribution in [0.1, 0.15) is 38.8 Å². The molecule has 0 radical (unpaired) electrons. The molecule has 1 aromatic carbocycles. The lowest BCUT2D eigenvalue weighted by Crippen LogP contribution is -2.10. The topological polar surface area (TPSA) is 46.3 Å². The maximum atomic E-state index is 4.94. The number of hydrogen-bond donors (Lipinski definition) is 0. The third-order valence-corrected chi connectivity index (χ3v) is 6.06. The van der Waals surface area contributed by atoms with Crippen LogP contribution in [0, 0.1) is 32.6 Å². The Morgan fingerprint density at radius 3 is 2.57 bits per heavy atom. The van der Waals surface area contributed by atoms with E-state index in [0.29, 0.717) is 6.54 Å². The lowest BCUT2D eigenvalue weighted by atomic mass is 9.99. The minimum Gasteiger partial charge on any atom is -0.299 e. The Bertz CT molecular complexity index is 1120. The zero-order valence-corrected chi connectivity index (χ0v) is 17.7. The van der Waals surface area contributed by atoms with E-state index in [1.807, 2.05) is 21.0 Å². The van der Waals surface area contributed by atoms with Gasteiger partial charge in [-0.3, -0.25) is 14.5 Å². The van der Waals surface area contributed by atoms with Gasteiger partial charge in [-0.25, -0.2) is 0 Å². The van der Waals surface area contributed by atoms with Crippen LogP contribution in [-0.4, -0.2) is 46.0 Å². The molecule has 142 valence electrons. The lowest BCUT2D eigenvalue weighted by molar-refractivity contribution is 0.464. The number of nitrogens with zero attached hydrogens (tertiary/aromatic N) is 5. The molecule has 2 aromatic heterocycles. The molecule has 3 heterocycles. The van der Waals surface area contributed by atoms with E-state index in [2.05, 4.69) is 69.6 Å². The average molecular weight is 390 g/mol. The molecule has 0 fully saturated rings. The molecule has 0 N–H and O–H groups in total. The first-order valence-corrected chi connectivity index (χ1v) is 10.1. The first-order valence-electron chi connectivity index (χ1n) is 9.26. The molecule has 0 spiro atoms. The maximum Gasteiger partial charge on any atom is 0.160 e. The number of rotatable bonds is 2. The molecule has 5 nitrogen and oxygen atoms in total. The van der Waals surface area contributed by atoms with Gasteiger partial charge in [-0.15, -0.1) is 21.5 Å². The van der Waals surface area contributed by atoms with Crippen LogP contribution >= 0.6 is 11.3 Å². The highest BCUT2D eigenvalue weighted by Gasteiger charge is 2.26. The third-order valence-electron chi connectivity index (χ3n) is 4.86. The van der Waals surface area contributed by atoms with Gasteiger partial charge in [-0.2, -0.15) is 0 Å². The van der Waals surface area contributed by atoms with Crippen LogP contribution in [0.5, 0.6) is 0 Å². The molecule has 1 aliphatic rings. The van der Waals surface area contributed by atoms with Crippen LogP contribution in [0.15, 0.2) is 29.3 Å². The van der Waals surface area contributed by atoms with Gasteiger partial charge in [0.2, 0.25) is 0 Å². The van der Waals surface area contributed by atoms with E-state index in [4.69, 9.17) is 4.99 Å². The van der Waals surface area contributed by atoms with Gasteiger partial charge < -0.3 is 0 Å².